The van der Waals surface area contributed by atoms with Gasteiger partial charge in [0.1, 0.15) is 16.8 Å². The Hall–Kier alpha value is -3.23. The van der Waals surface area contributed by atoms with Gasteiger partial charge in [-0.1, -0.05) is 54.6 Å². The van der Waals surface area contributed by atoms with Crippen molar-refractivity contribution in [3.8, 4) is 0 Å². The summed E-state index contributed by atoms with van der Waals surface area (Å²) < 4.78 is 42.8. The molecule has 0 radical (unpaired) electrons. The number of amides is 1. The average molecular weight is 480 g/mol. The van der Waals surface area contributed by atoms with E-state index in [2.05, 4.69) is 4.90 Å². The van der Waals surface area contributed by atoms with Crippen LogP contribution in [0.1, 0.15) is 11.1 Å². The Kier molecular flexibility index (Phi) is 6.10. The summed E-state index contributed by atoms with van der Waals surface area (Å²) in [5.41, 5.74) is 2.88. The summed E-state index contributed by atoms with van der Waals surface area (Å²) in [5.74, 6) is -1.05. The highest BCUT2D eigenvalue weighted by molar-refractivity contribution is 7.89. The van der Waals surface area contributed by atoms with E-state index in [4.69, 9.17) is 0 Å². The summed E-state index contributed by atoms with van der Waals surface area (Å²) in [6.45, 7) is 2.37. The van der Waals surface area contributed by atoms with Crippen LogP contribution in [0.25, 0.3) is 0 Å². The van der Waals surface area contributed by atoms with Crippen molar-refractivity contribution in [1.29, 1.82) is 0 Å². The van der Waals surface area contributed by atoms with Crippen molar-refractivity contribution in [3.05, 3.63) is 95.8 Å². The Labute approximate surface area is 199 Å². The molecular weight excluding hydrogens is 453 g/mol. The number of hydrogen-bond acceptors (Lipinski definition) is 4. The number of anilines is 1. The van der Waals surface area contributed by atoms with Crippen molar-refractivity contribution >= 4 is 21.6 Å². The fourth-order valence-corrected chi connectivity index (χ4v) is 6.40. The SMILES string of the molecule is O=C([C@@H]1Cc2ccccc2CN1S(=O)(=O)c1ccccc1F)N1CCN(c2ccccc2)CC1. The molecule has 34 heavy (non-hydrogen) atoms. The topological polar surface area (TPSA) is 60.9 Å². The second-order valence-corrected chi connectivity index (χ2v) is 10.5. The number of sulfonamides is 1. The summed E-state index contributed by atoms with van der Waals surface area (Å²) in [6, 6.07) is 22.0. The van der Waals surface area contributed by atoms with Crippen LogP contribution in [-0.2, 0) is 27.8 Å². The molecule has 3 aromatic rings. The van der Waals surface area contributed by atoms with E-state index in [1.54, 1.807) is 4.90 Å². The van der Waals surface area contributed by atoms with E-state index in [1.807, 2.05) is 54.6 Å². The zero-order valence-electron chi connectivity index (χ0n) is 18.7. The van der Waals surface area contributed by atoms with Crippen LogP contribution in [0.15, 0.2) is 83.8 Å². The first kappa shape index (κ1) is 22.6. The standard InChI is InChI=1S/C26H26FN3O3S/c27-23-12-6-7-13-25(23)34(32,33)30-19-21-9-5-4-8-20(21)18-24(30)26(31)29-16-14-28(15-17-29)22-10-2-1-3-11-22/h1-13,24H,14-19H2/t24-/m0/s1. The van der Waals surface area contributed by atoms with Gasteiger partial charge in [0.2, 0.25) is 15.9 Å². The molecule has 0 bridgehead atoms. The predicted molar refractivity (Wildman–Crippen MR) is 128 cm³/mol. The second kappa shape index (κ2) is 9.19. The molecule has 0 N–H and O–H groups in total. The van der Waals surface area contributed by atoms with Crippen molar-refractivity contribution in [1.82, 2.24) is 9.21 Å². The third kappa shape index (κ3) is 4.19. The Morgan fingerprint density at radius 1 is 0.794 bits per heavy atom. The van der Waals surface area contributed by atoms with Gasteiger partial charge in [0.15, 0.2) is 0 Å². The highest BCUT2D eigenvalue weighted by Gasteiger charge is 2.42. The van der Waals surface area contributed by atoms with Crippen molar-refractivity contribution in [2.75, 3.05) is 31.1 Å². The molecule has 0 unspecified atom stereocenters. The summed E-state index contributed by atoms with van der Waals surface area (Å²) in [6.07, 6.45) is 0.265. The lowest BCUT2D eigenvalue weighted by Crippen LogP contribution is -2.57. The predicted octanol–water partition coefficient (Wildman–Crippen LogP) is 3.29. The molecule has 0 aliphatic carbocycles. The van der Waals surface area contributed by atoms with Gasteiger partial charge in [-0.15, -0.1) is 0 Å². The van der Waals surface area contributed by atoms with E-state index in [9.17, 15) is 17.6 Å². The molecule has 2 aliphatic rings. The molecule has 0 aromatic heterocycles. The Morgan fingerprint density at radius 3 is 2.12 bits per heavy atom. The van der Waals surface area contributed by atoms with Crippen LogP contribution in [0, 0.1) is 5.82 Å². The number of hydrogen-bond donors (Lipinski definition) is 0. The number of fused-ring (bicyclic) bond motifs is 1. The summed E-state index contributed by atoms with van der Waals surface area (Å²) in [4.78, 5) is 17.2. The van der Waals surface area contributed by atoms with Crippen LogP contribution < -0.4 is 4.90 Å². The van der Waals surface area contributed by atoms with Crippen LogP contribution in [0.5, 0.6) is 0 Å². The van der Waals surface area contributed by atoms with Gasteiger partial charge in [-0.2, -0.15) is 4.31 Å². The largest absolute Gasteiger partial charge is 0.368 e. The fourth-order valence-electron chi connectivity index (χ4n) is 4.78. The smallest absolute Gasteiger partial charge is 0.247 e. The molecule has 1 atom stereocenters. The molecule has 8 heteroatoms. The summed E-state index contributed by atoms with van der Waals surface area (Å²) in [7, 11) is -4.22. The van der Waals surface area contributed by atoms with Crippen molar-refractivity contribution < 1.29 is 17.6 Å². The minimum Gasteiger partial charge on any atom is -0.368 e. The van der Waals surface area contributed by atoms with Crippen molar-refractivity contribution in [3.63, 3.8) is 0 Å². The van der Waals surface area contributed by atoms with Crippen LogP contribution in [0.3, 0.4) is 0 Å². The van der Waals surface area contributed by atoms with Crippen LogP contribution in [0.4, 0.5) is 10.1 Å². The molecular formula is C26H26FN3O3S. The van der Waals surface area contributed by atoms with Crippen LogP contribution in [-0.4, -0.2) is 55.8 Å². The number of para-hydroxylation sites is 1. The van der Waals surface area contributed by atoms with Gasteiger partial charge in [-0.25, -0.2) is 12.8 Å². The number of carbonyl (C=O) groups excluding carboxylic acids is 1. The summed E-state index contributed by atoms with van der Waals surface area (Å²) >= 11 is 0. The Bertz CT molecular complexity index is 1290. The number of halogens is 1. The monoisotopic (exact) mass is 479 g/mol. The maximum Gasteiger partial charge on any atom is 0.247 e. The summed E-state index contributed by atoms with van der Waals surface area (Å²) in [5, 5.41) is 0. The molecule has 5 rings (SSSR count). The normalized spacial score (nSPS) is 19.0. The third-order valence-electron chi connectivity index (χ3n) is 6.63. The molecule has 1 fully saturated rings. The molecule has 0 spiro atoms. The third-order valence-corrected chi connectivity index (χ3v) is 8.51. The van der Waals surface area contributed by atoms with E-state index in [-0.39, 0.29) is 18.9 Å². The fraction of sp³-hybridized carbons (Fsp3) is 0.269. The van der Waals surface area contributed by atoms with E-state index in [0.717, 1.165) is 22.9 Å². The molecule has 176 valence electrons. The maximum absolute atomic E-state index is 14.5. The first-order valence-electron chi connectivity index (χ1n) is 11.4. The first-order valence-corrected chi connectivity index (χ1v) is 12.8. The Morgan fingerprint density at radius 2 is 1.41 bits per heavy atom. The maximum atomic E-state index is 14.5. The average Bonchev–Trinajstić information content (AvgIpc) is 2.88. The minimum atomic E-state index is -4.22. The number of piperazine rings is 1. The van der Waals surface area contributed by atoms with E-state index >= 15 is 0 Å². The van der Waals surface area contributed by atoms with Crippen LogP contribution in [0.2, 0.25) is 0 Å². The molecule has 2 heterocycles. The Balaban J connectivity index is 1.42. The minimum absolute atomic E-state index is 0.0349. The lowest BCUT2D eigenvalue weighted by Gasteiger charge is -2.41. The second-order valence-electron chi connectivity index (χ2n) is 8.62. The van der Waals surface area contributed by atoms with Crippen LogP contribution >= 0.6 is 0 Å². The van der Waals surface area contributed by atoms with E-state index in [1.165, 1.54) is 22.5 Å². The van der Waals surface area contributed by atoms with E-state index in [0.29, 0.717) is 26.2 Å². The molecule has 1 saturated heterocycles. The highest BCUT2D eigenvalue weighted by atomic mass is 32.2. The number of rotatable bonds is 4. The number of benzene rings is 3. The van der Waals surface area contributed by atoms with Gasteiger partial charge in [-0.3, -0.25) is 4.79 Å². The van der Waals surface area contributed by atoms with Gasteiger partial charge >= 0.3 is 0 Å². The van der Waals surface area contributed by atoms with Crippen molar-refractivity contribution in [2.45, 2.75) is 23.9 Å². The zero-order valence-corrected chi connectivity index (χ0v) is 19.5. The number of carbonyl (C=O) groups is 1. The van der Waals surface area contributed by atoms with Gasteiger partial charge < -0.3 is 9.80 Å². The molecule has 1 amide bonds. The molecule has 2 aliphatic heterocycles. The first-order chi connectivity index (χ1) is 16.4. The van der Waals surface area contributed by atoms with Gasteiger partial charge in [0, 0.05) is 38.4 Å². The van der Waals surface area contributed by atoms with Gasteiger partial charge in [0.25, 0.3) is 0 Å². The van der Waals surface area contributed by atoms with Crippen molar-refractivity contribution in [2.24, 2.45) is 0 Å². The number of nitrogens with zero attached hydrogens (tertiary/aromatic N) is 3. The zero-order chi connectivity index (χ0) is 23.7. The lowest BCUT2D eigenvalue weighted by molar-refractivity contribution is -0.136. The molecule has 6 nitrogen and oxygen atoms in total. The molecule has 3 aromatic carbocycles. The quantitative estimate of drug-likeness (QED) is 0.576. The van der Waals surface area contributed by atoms with Gasteiger partial charge in [-0.05, 0) is 41.8 Å². The van der Waals surface area contributed by atoms with E-state index < -0.39 is 26.8 Å². The lowest BCUT2D eigenvalue weighted by atomic mass is 9.95. The highest BCUT2D eigenvalue weighted by Crippen LogP contribution is 2.31. The molecule has 0 saturated carbocycles. The van der Waals surface area contributed by atoms with Gasteiger partial charge in [0.05, 0.1) is 0 Å².